The second-order valence-electron chi connectivity index (χ2n) is 4.55. The molecule has 1 aliphatic rings. The molecule has 5 nitrogen and oxygen atoms in total. The Morgan fingerprint density at radius 2 is 2.47 bits per heavy atom. The van der Waals surface area contributed by atoms with E-state index in [1.54, 1.807) is 17.4 Å². The fraction of sp³-hybridized carbons (Fsp3) is 0.231. The van der Waals surface area contributed by atoms with Gasteiger partial charge < -0.3 is 9.32 Å². The number of aromatic nitrogens is 2. The number of H-pyrrole nitrogens is 1. The number of fused-ring (bicyclic) bond motifs is 2. The van der Waals surface area contributed by atoms with E-state index in [9.17, 15) is 4.79 Å². The van der Waals surface area contributed by atoms with E-state index in [1.807, 2.05) is 12.1 Å². The summed E-state index contributed by atoms with van der Waals surface area (Å²) in [5, 5.41) is 6.99. The number of carbonyl (C=O) groups is 1. The minimum absolute atomic E-state index is 0.0266. The zero-order chi connectivity index (χ0) is 12.8. The minimum atomic E-state index is 0.0266. The van der Waals surface area contributed by atoms with E-state index < -0.39 is 0 Å². The van der Waals surface area contributed by atoms with Crippen molar-refractivity contribution < 1.29 is 9.21 Å². The Morgan fingerprint density at radius 1 is 1.53 bits per heavy atom. The number of anilines is 1. The van der Waals surface area contributed by atoms with Gasteiger partial charge in [-0.25, -0.2) is 0 Å². The van der Waals surface area contributed by atoms with Crippen LogP contribution in [0.3, 0.4) is 0 Å². The van der Waals surface area contributed by atoms with Crippen LogP contribution in [-0.2, 0) is 6.42 Å². The number of carbonyl (C=O) groups excluding carboxylic acids is 1. The Morgan fingerprint density at radius 3 is 3.37 bits per heavy atom. The molecule has 4 rings (SSSR count). The van der Waals surface area contributed by atoms with Gasteiger partial charge in [0.25, 0.3) is 5.91 Å². The summed E-state index contributed by atoms with van der Waals surface area (Å²) in [6.45, 7) is 0.741. The zero-order valence-electron chi connectivity index (χ0n) is 10.0. The van der Waals surface area contributed by atoms with Crippen LogP contribution in [0, 0.1) is 0 Å². The molecule has 3 aromatic heterocycles. The molecule has 0 aliphatic carbocycles. The van der Waals surface area contributed by atoms with Crippen molar-refractivity contribution in [1.82, 2.24) is 10.2 Å². The number of aromatic amines is 1. The molecule has 0 unspecified atom stereocenters. The van der Waals surface area contributed by atoms with Gasteiger partial charge in [-0.05, 0) is 18.9 Å². The Bertz CT molecular complexity index is 726. The summed E-state index contributed by atoms with van der Waals surface area (Å²) in [5.74, 6) is 0.0266. The summed E-state index contributed by atoms with van der Waals surface area (Å²) in [7, 11) is 0. The van der Waals surface area contributed by atoms with Gasteiger partial charge >= 0.3 is 0 Å². The third kappa shape index (κ3) is 1.60. The molecule has 0 aromatic carbocycles. The normalized spacial score (nSPS) is 14.8. The van der Waals surface area contributed by atoms with Crippen LogP contribution >= 0.6 is 11.3 Å². The van der Waals surface area contributed by atoms with Crippen LogP contribution in [0.15, 0.2) is 29.0 Å². The monoisotopic (exact) mass is 273 g/mol. The molecular formula is C13H11N3O2S. The summed E-state index contributed by atoms with van der Waals surface area (Å²) >= 11 is 1.47. The van der Waals surface area contributed by atoms with Crippen LogP contribution in [0.4, 0.5) is 5.69 Å². The van der Waals surface area contributed by atoms with E-state index in [0.29, 0.717) is 4.88 Å². The van der Waals surface area contributed by atoms with Crippen LogP contribution in [0.1, 0.15) is 21.8 Å². The largest absolute Gasteiger partial charge is 0.463 e. The van der Waals surface area contributed by atoms with Crippen molar-refractivity contribution in [3.05, 3.63) is 35.2 Å². The third-order valence-electron chi connectivity index (χ3n) is 3.39. The van der Waals surface area contributed by atoms with Crippen molar-refractivity contribution in [3.63, 3.8) is 0 Å². The number of rotatable bonds is 1. The Labute approximate surface area is 112 Å². The van der Waals surface area contributed by atoms with Gasteiger partial charge in [0.15, 0.2) is 0 Å². The van der Waals surface area contributed by atoms with Crippen molar-refractivity contribution in [2.24, 2.45) is 0 Å². The molecule has 4 heterocycles. The fourth-order valence-corrected chi connectivity index (χ4v) is 3.40. The lowest BCUT2D eigenvalue weighted by atomic mass is 10.1. The van der Waals surface area contributed by atoms with Gasteiger partial charge in [0, 0.05) is 12.6 Å². The van der Waals surface area contributed by atoms with Gasteiger partial charge in [-0.1, -0.05) is 0 Å². The van der Waals surface area contributed by atoms with Crippen molar-refractivity contribution >= 4 is 33.2 Å². The molecular weight excluding hydrogens is 262 g/mol. The molecule has 1 amide bonds. The van der Waals surface area contributed by atoms with E-state index in [1.165, 1.54) is 11.3 Å². The highest BCUT2D eigenvalue weighted by atomic mass is 32.1. The third-order valence-corrected chi connectivity index (χ3v) is 4.46. The summed E-state index contributed by atoms with van der Waals surface area (Å²) in [6, 6.07) is 3.70. The maximum atomic E-state index is 12.6. The van der Waals surface area contributed by atoms with E-state index in [2.05, 4.69) is 10.2 Å². The van der Waals surface area contributed by atoms with Crippen molar-refractivity contribution in [3.8, 4) is 0 Å². The minimum Gasteiger partial charge on any atom is -0.463 e. The standard InChI is InChI=1S/C13H11N3O2S/c17-13(12-6-10-11(19-12)3-5-18-10)16-4-1-2-8-9(16)7-14-15-8/h3,5-7H,1-2,4H2,(H,14,15). The highest BCUT2D eigenvalue weighted by Crippen LogP contribution is 2.31. The molecule has 0 saturated heterocycles. The van der Waals surface area contributed by atoms with Gasteiger partial charge in [0.2, 0.25) is 0 Å². The predicted octanol–water partition coefficient (Wildman–Crippen LogP) is 2.81. The molecule has 19 heavy (non-hydrogen) atoms. The van der Waals surface area contributed by atoms with Gasteiger partial charge in [0.1, 0.15) is 5.58 Å². The van der Waals surface area contributed by atoms with E-state index >= 15 is 0 Å². The van der Waals surface area contributed by atoms with Crippen LogP contribution < -0.4 is 4.90 Å². The van der Waals surface area contributed by atoms with Crippen LogP contribution in [-0.4, -0.2) is 22.6 Å². The fourth-order valence-electron chi connectivity index (χ4n) is 2.47. The van der Waals surface area contributed by atoms with Crippen molar-refractivity contribution in [2.75, 3.05) is 11.4 Å². The summed E-state index contributed by atoms with van der Waals surface area (Å²) in [4.78, 5) is 15.1. The van der Waals surface area contributed by atoms with Gasteiger partial charge in [-0.2, -0.15) is 5.10 Å². The van der Waals surface area contributed by atoms with Crippen LogP contribution in [0.25, 0.3) is 10.3 Å². The molecule has 1 N–H and O–H groups in total. The lowest BCUT2D eigenvalue weighted by Gasteiger charge is -2.25. The summed E-state index contributed by atoms with van der Waals surface area (Å²) in [6.07, 6.45) is 5.28. The number of nitrogens with zero attached hydrogens (tertiary/aromatic N) is 2. The number of hydrogen-bond donors (Lipinski definition) is 1. The molecule has 96 valence electrons. The number of hydrogen-bond acceptors (Lipinski definition) is 4. The number of thiophene rings is 1. The first kappa shape index (κ1) is 10.8. The van der Waals surface area contributed by atoms with E-state index in [-0.39, 0.29) is 5.91 Å². The summed E-state index contributed by atoms with van der Waals surface area (Å²) < 4.78 is 6.32. The summed E-state index contributed by atoms with van der Waals surface area (Å²) in [5.41, 5.74) is 2.72. The Hall–Kier alpha value is -2.08. The topological polar surface area (TPSA) is 62.1 Å². The molecule has 3 aromatic rings. The zero-order valence-corrected chi connectivity index (χ0v) is 10.9. The molecule has 6 heteroatoms. The molecule has 0 saturated carbocycles. The molecule has 0 bridgehead atoms. The number of aryl methyl sites for hydroxylation is 1. The maximum absolute atomic E-state index is 12.6. The van der Waals surface area contributed by atoms with Gasteiger partial charge in [-0.15, -0.1) is 11.3 Å². The van der Waals surface area contributed by atoms with E-state index in [4.69, 9.17) is 4.42 Å². The molecule has 0 fully saturated rings. The number of nitrogens with one attached hydrogen (secondary N) is 1. The molecule has 1 aliphatic heterocycles. The average Bonchev–Trinajstić information content (AvgIpc) is 3.11. The maximum Gasteiger partial charge on any atom is 0.268 e. The SMILES string of the molecule is O=C(c1cc2occc2s1)N1CCCc2[nH]ncc21. The number of amides is 1. The van der Waals surface area contributed by atoms with E-state index in [0.717, 1.165) is 41.1 Å². The molecule has 0 spiro atoms. The van der Waals surface area contributed by atoms with Crippen molar-refractivity contribution in [2.45, 2.75) is 12.8 Å². The highest BCUT2D eigenvalue weighted by Gasteiger charge is 2.26. The first-order chi connectivity index (χ1) is 9.33. The highest BCUT2D eigenvalue weighted by molar-refractivity contribution is 7.20. The molecule has 0 radical (unpaired) electrons. The lowest BCUT2D eigenvalue weighted by molar-refractivity contribution is 0.0989. The van der Waals surface area contributed by atoms with Gasteiger partial charge in [-0.3, -0.25) is 9.89 Å². The van der Waals surface area contributed by atoms with Crippen molar-refractivity contribution in [1.29, 1.82) is 0 Å². The number of furan rings is 1. The smallest absolute Gasteiger partial charge is 0.268 e. The van der Waals surface area contributed by atoms with Crippen LogP contribution in [0.5, 0.6) is 0 Å². The average molecular weight is 273 g/mol. The first-order valence-corrected chi connectivity index (χ1v) is 6.96. The Kier molecular flexibility index (Phi) is 2.25. The van der Waals surface area contributed by atoms with Gasteiger partial charge in [0.05, 0.1) is 33.4 Å². The quantitative estimate of drug-likeness (QED) is 0.741. The Balaban J connectivity index is 1.73. The first-order valence-electron chi connectivity index (χ1n) is 6.14. The predicted molar refractivity (Wildman–Crippen MR) is 72.7 cm³/mol. The van der Waals surface area contributed by atoms with Crippen LogP contribution in [0.2, 0.25) is 0 Å². The molecule has 0 atom stereocenters. The lowest BCUT2D eigenvalue weighted by Crippen LogP contribution is -2.34. The second kappa shape index (κ2) is 3.96. The second-order valence-corrected chi connectivity index (χ2v) is 5.64.